The van der Waals surface area contributed by atoms with E-state index in [1.165, 1.54) is 6.33 Å². The number of piperidine rings is 1. The van der Waals surface area contributed by atoms with E-state index in [-0.39, 0.29) is 6.09 Å². The minimum Gasteiger partial charge on any atom is -0.444 e. The van der Waals surface area contributed by atoms with Crippen molar-refractivity contribution in [1.29, 1.82) is 0 Å². The van der Waals surface area contributed by atoms with Gasteiger partial charge in [-0.2, -0.15) is 0 Å². The van der Waals surface area contributed by atoms with Gasteiger partial charge in [0.05, 0.1) is 6.20 Å². The fraction of sp³-hybridized carbons (Fsp3) is 0.688. The molecule has 1 unspecified atom stereocenters. The summed E-state index contributed by atoms with van der Waals surface area (Å²) in [5.74, 6) is 1.12. The number of likely N-dealkylation sites (tertiary alicyclic amines) is 1. The molecule has 1 aliphatic heterocycles. The van der Waals surface area contributed by atoms with Crippen LogP contribution in [0.3, 0.4) is 0 Å². The number of carbonyl (C=O) groups is 1. The number of aromatic nitrogens is 2. The second-order valence-electron chi connectivity index (χ2n) is 6.87. The second-order valence-corrected chi connectivity index (χ2v) is 7.28. The minimum absolute atomic E-state index is 0.214. The molecule has 0 saturated carbocycles. The summed E-state index contributed by atoms with van der Waals surface area (Å²) in [6, 6.07) is 0. The van der Waals surface area contributed by atoms with Gasteiger partial charge in [-0.1, -0.05) is 11.6 Å². The Morgan fingerprint density at radius 1 is 1.52 bits per heavy atom. The molecule has 1 atom stereocenters. The molecule has 0 radical (unpaired) electrons. The molecule has 0 aromatic carbocycles. The van der Waals surface area contributed by atoms with Crippen LogP contribution in [-0.4, -0.2) is 46.2 Å². The summed E-state index contributed by atoms with van der Waals surface area (Å²) in [7, 11) is 0. The van der Waals surface area contributed by atoms with Gasteiger partial charge in [0.15, 0.2) is 0 Å². The number of anilines is 1. The molecule has 2 heterocycles. The van der Waals surface area contributed by atoms with Crippen molar-refractivity contribution in [3.63, 3.8) is 0 Å². The molecular weight excluding hydrogens is 316 g/mol. The van der Waals surface area contributed by atoms with E-state index in [4.69, 9.17) is 16.3 Å². The standard InChI is InChI=1S/C16H25ClN4O2/c1-16(2,3)23-15(22)21-8-4-5-12(10-21)6-7-19-14-13(17)9-18-11-20-14/h9,11-12H,4-8,10H2,1-3H3,(H,18,19,20). The molecule has 2 rings (SSSR count). The number of nitrogens with zero attached hydrogens (tertiary/aromatic N) is 3. The van der Waals surface area contributed by atoms with E-state index < -0.39 is 5.60 Å². The van der Waals surface area contributed by atoms with Crippen LogP contribution < -0.4 is 5.32 Å². The van der Waals surface area contributed by atoms with Crippen LogP contribution in [0.5, 0.6) is 0 Å². The van der Waals surface area contributed by atoms with E-state index in [0.29, 0.717) is 16.8 Å². The normalized spacial score (nSPS) is 18.6. The Kier molecular flexibility index (Phi) is 6.04. The van der Waals surface area contributed by atoms with E-state index in [9.17, 15) is 4.79 Å². The van der Waals surface area contributed by atoms with Crippen LogP contribution in [0.15, 0.2) is 12.5 Å². The van der Waals surface area contributed by atoms with Gasteiger partial charge in [0.1, 0.15) is 22.8 Å². The van der Waals surface area contributed by atoms with Crippen molar-refractivity contribution in [2.45, 2.75) is 45.6 Å². The number of amides is 1. The first-order valence-electron chi connectivity index (χ1n) is 8.02. The number of nitrogens with one attached hydrogen (secondary N) is 1. The summed E-state index contributed by atoms with van der Waals surface area (Å²) < 4.78 is 5.45. The van der Waals surface area contributed by atoms with Crippen LogP contribution in [0.1, 0.15) is 40.0 Å². The summed E-state index contributed by atoms with van der Waals surface area (Å²) in [6.45, 7) is 7.96. The van der Waals surface area contributed by atoms with Crippen LogP contribution in [0.4, 0.5) is 10.6 Å². The molecule has 1 amide bonds. The largest absolute Gasteiger partial charge is 0.444 e. The van der Waals surface area contributed by atoms with E-state index in [2.05, 4.69) is 15.3 Å². The Hall–Kier alpha value is -1.56. The Bertz CT molecular complexity index is 533. The summed E-state index contributed by atoms with van der Waals surface area (Å²) in [4.78, 5) is 21.9. The summed E-state index contributed by atoms with van der Waals surface area (Å²) >= 11 is 6.02. The van der Waals surface area contributed by atoms with Crippen LogP contribution >= 0.6 is 11.6 Å². The van der Waals surface area contributed by atoms with Gasteiger partial charge in [-0.3, -0.25) is 0 Å². The van der Waals surface area contributed by atoms with Gasteiger partial charge in [0.2, 0.25) is 0 Å². The van der Waals surface area contributed by atoms with Gasteiger partial charge in [-0.15, -0.1) is 0 Å². The topological polar surface area (TPSA) is 67.3 Å². The van der Waals surface area contributed by atoms with Gasteiger partial charge in [-0.25, -0.2) is 14.8 Å². The fourth-order valence-electron chi connectivity index (χ4n) is 2.63. The lowest BCUT2D eigenvalue weighted by atomic mass is 9.95. The number of hydrogen-bond donors (Lipinski definition) is 1. The SMILES string of the molecule is CC(C)(C)OC(=O)N1CCCC(CCNc2ncncc2Cl)C1. The van der Waals surface area contributed by atoms with Crippen LogP contribution in [0.25, 0.3) is 0 Å². The molecule has 0 aliphatic carbocycles. The molecule has 1 N–H and O–H groups in total. The summed E-state index contributed by atoms with van der Waals surface area (Å²) in [5, 5.41) is 3.74. The predicted molar refractivity (Wildman–Crippen MR) is 90.7 cm³/mol. The average molecular weight is 341 g/mol. The van der Waals surface area contributed by atoms with Gasteiger partial charge in [-0.05, 0) is 46.0 Å². The van der Waals surface area contributed by atoms with Crippen molar-refractivity contribution in [3.8, 4) is 0 Å². The molecule has 1 saturated heterocycles. The second kappa shape index (κ2) is 7.81. The molecule has 7 heteroatoms. The van der Waals surface area contributed by atoms with E-state index in [1.54, 1.807) is 6.20 Å². The molecule has 128 valence electrons. The van der Waals surface area contributed by atoms with E-state index >= 15 is 0 Å². The molecular formula is C16H25ClN4O2. The average Bonchev–Trinajstić information content (AvgIpc) is 2.48. The first kappa shape index (κ1) is 17.8. The lowest BCUT2D eigenvalue weighted by Gasteiger charge is -2.34. The Morgan fingerprint density at radius 2 is 2.30 bits per heavy atom. The Balaban J connectivity index is 1.78. The lowest BCUT2D eigenvalue weighted by molar-refractivity contribution is 0.0163. The van der Waals surface area contributed by atoms with Crippen molar-refractivity contribution >= 4 is 23.5 Å². The Morgan fingerprint density at radius 3 is 3.00 bits per heavy atom. The van der Waals surface area contributed by atoms with Gasteiger partial charge < -0.3 is 15.0 Å². The van der Waals surface area contributed by atoms with Crippen molar-refractivity contribution in [1.82, 2.24) is 14.9 Å². The quantitative estimate of drug-likeness (QED) is 0.907. The Labute approximate surface area is 142 Å². The highest BCUT2D eigenvalue weighted by Gasteiger charge is 2.27. The van der Waals surface area contributed by atoms with Crippen LogP contribution in [-0.2, 0) is 4.74 Å². The highest BCUT2D eigenvalue weighted by atomic mass is 35.5. The number of hydrogen-bond acceptors (Lipinski definition) is 5. The maximum atomic E-state index is 12.2. The molecule has 1 fully saturated rings. The zero-order chi connectivity index (χ0) is 16.9. The first-order chi connectivity index (χ1) is 10.8. The van der Waals surface area contributed by atoms with Crippen molar-refractivity contribution in [3.05, 3.63) is 17.5 Å². The fourth-order valence-corrected chi connectivity index (χ4v) is 2.80. The minimum atomic E-state index is -0.449. The first-order valence-corrected chi connectivity index (χ1v) is 8.40. The smallest absolute Gasteiger partial charge is 0.410 e. The third-order valence-electron chi connectivity index (χ3n) is 3.68. The van der Waals surface area contributed by atoms with Crippen molar-refractivity contribution < 1.29 is 9.53 Å². The van der Waals surface area contributed by atoms with E-state index in [0.717, 1.165) is 38.9 Å². The number of carbonyl (C=O) groups excluding carboxylic acids is 1. The van der Waals surface area contributed by atoms with Gasteiger partial charge in [0, 0.05) is 19.6 Å². The van der Waals surface area contributed by atoms with E-state index in [1.807, 2.05) is 25.7 Å². The summed E-state index contributed by atoms with van der Waals surface area (Å²) in [6.07, 6.45) is 5.92. The highest BCUT2D eigenvalue weighted by molar-refractivity contribution is 6.32. The summed E-state index contributed by atoms with van der Waals surface area (Å²) in [5.41, 5.74) is -0.449. The molecule has 23 heavy (non-hydrogen) atoms. The highest BCUT2D eigenvalue weighted by Crippen LogP contribution is 2.22. The lowest BCUT2D eigenvalue weighted by Crippen LogP contribution is -2.43. The predicted octanol–water partition coefficient (Wildman–Crippen LogP) is 3.58. The third kappa shape index (κ3) is 5.86. The molecule has 1 aromatic rings. The zero-order valence-corrected chi connectivity index (χ0v) is 14.8. The number of rotatable bonds is 4. The van der Waals surface area contributed by atoms with Gasteiger partial charge >= 0.3 is 6.09 Å². The molecule has 6 nitrogen and oxygen atoms in total. The molecule has 0 bridgehead atoms. The third-order valence-corrected chi connectivity index (χ3v) is 3.96. The molecule has 1 aromatic heterocycles. The number of ether oxygens (including phenoxy) is 1. The van der Waals surface area contributed by atoms with Crippen molar-refractivity contribution in [2.75, 3.05) is 25.0 Å². The van der Waals surface area contributed by atoms with Crippen LogP contribution in [0.2, 0.25) is 5.02 Å². The molecule has 0 spiro atoms. The van der Waals surface area contributed by atoms with Crippen LogP contribution in [0, 0.1) is 5.92 Å². The maximum Gasteiger partial charge on any atom is 0.410 e. The van der Waals surface area contributed by atoms with Gasteiger partial charge in [0.25, 0.3) is 0 Å². The molecule has 1 aliphatic rings. The maximum absolute atomic E-state index is 12.2. The zero-order valence-electron chi connectivity index (χ0n) is 14.0. The monoisotopic (exact) mass is 340 g/mol. The van der Waals surface area contributed by atoms with Crippen molar-refractivity contribution in [2.24, 2.45) is 5.92 Å². The number of halogens is 1.